The number of aromatic nitrogens is 2. The molecule has 1 heterocycles. The van der Waals surface area contributed by atoms with Crippen LogP contribution < -0.4 is 11.5 Å². The predicted octanol–water partition coefficient (Wildman–Crippen LogP) is -0.249. The minimum atomic E-state index is -0.616. The molecule has 0 aromatic carbocycles. The molecule has 0 aliphatic rings. The molecular weight excluding hydrogens is 208 g/mol. The maximum absolute atomic E-state index is 10.6. The minimum Gasteiger partial charge on any atom is -0.368 e. The van der Waals surface area contributed by atoms with Gasteiger partial charge in [0, 0.05) is 5.75 Å². The van der Waals surface area contributed by atoms with Gasteiger partial charge in [0.05, 0.1) is 6.04 Å². The van der Waals surface area contributed by atoms with Crippen LogP contribution in [-0.4, -0.2) is 27.1 Å². The van der Waals surface area contributed by atoms with Gasteiger partial charge in [-0.25, -0.2) is 4.98 Å². The molecule has 1 aromatic heterocycles. The van der Waals surface area contributed by atoms with Crippen LogP contribution in [0.5, 0.6) is 0 Å². The number of primary amides is 1. The molecule has 1 rings (SSSR count). The van der Waals surface area contributed by atoms with Gasteiger partial charge in [-0.3, -0.25) is 4.79 Å². The van der Waals surface area contributed by atoms with Crippen LogP contribution in [0.25, 0.3) is 0 Å². The molecule has 13 heavy (non-hydrogen) atoms. The maximum Gasteiger partial charge on any atom is 0.235 e. The van der Waals surface area contributed by atoms with Gasteiger partial charge in [-0.05, 0) is 18.5 Å². The highest BCUT2D eigenvalue weighted by Gasteiger charge is 2.10. The Kier molecular flexibility index (Phi) is 3.64. The number of amides is 1. The first-order valence-electron chi connectivity index (χ1n) is 3.57. The summed E-state index contributed by atoms with van der Waals surface area (Å²) in [6.07, 6.45) is 0. The van der Waals surface area contributed by atoms with E-state index in [4.69, 9.17) is 11.5 Å². The second kappa shape index (κ2) is 4.54. The zero-order chi connectivity index (χ0) is 9.84. The number of hydrogen-bond donors (Lipinski definition) is 2. The van der Waals surface area contributed by atoms with Crippen LogP contribution in [-0.2, 0) is 4.79 Å². The summed E-state index contributed by atoms with van der Waals surface area (Å²) in [5, 5.41) is 0. The minimum absolute atomic E-state index is 0.448. The van der Waals surface area contributed by atoms with Gasteiger partial charge in [-0.1, -0.05) is 11.8 Å². The smallest absolute Gasteiger partial charge is 0.235 e. The number of nitrogens with two attached hydrogens (primary N) is 2. The van der Waals surface area contributed by atoms with Gasteiger partial charge >= 0.3 is 0 Å². The van der Waals surface area contributed by atoms with E-state index in [0.717, 1.165) is 10.2 Å². The molecule has 1 atom stereocenters. The number of carbonyl (C=O) groups excluding carboxylic acids is 1. The fraction of sp³-hybridized carbons (Fsp3) is 0.500. The Morgan fingerprint density at radius 1 is 1.77 bits per heavy atom. The van der Waals surface area contributed by atoms with Crippen LogP contribution in [0.15, 0.2) is 4.34 Å². The van der Waals surface area contributed by atoms with Crippen molar-refractivity contribution in [3.05, 3.63) is 5.82 Å². The summed E-state index contributed by atoms with van der Waals surface area (Å²) in [5.74, 6) is 0.693. The molecule has 0 saturated heterocycles. The average Bonchev–Trinajstić information content (AvgIpc) is 2.47. The van der Waals surface area contributed by atoms with E-state index in [2.05, 4.69) is 9.36 Å². The second-order valence-corrected chi connectivity index (χ2v) is 4.45. The quantitative estimate of drug-likeness (QED) is 0.680. The molecule has 7 heteroatoms. The highest BCUT2D eigenvalue weighted by Crippen LogP contribution is 2.19. The van der Waals surface area contributed by atoms with Crippen molar-refractivity contribution in [3.63, 3.8) is 0 Å². The molecule has 0 aliphatic heterocycles. The van der Waals surface area contributed by atoms with Crippen molar-refractivity contribution in [1.29, 1.82) is 0 Å². The average molecular weight is 218 g/mol. The van der Waals surface area contributed by atoms with E-state index in [0.29, 0.717) is 5.75 Å². The van der Waals surface area contributed by atoms with E-state index in [1.165, 1.54) is 23.3 Å². The van der Waals surface area contributed by atoms with E-state index in [1.54, 1.807) is 0 Å². The Morgan fingerprint density at radius 2 is 2.46 bits per heavy atom. The number of nitrogens with zero attached hydrogens (tertiary/aromatic N) is 2. The molecule has 0 bridgehead atoms. The molecule has 0 fully saturated rings. The number of rotatable bonds is 4. The van der Waals surface area contributed by atoms with Gasteiger partial charge in [0.25, 0.3) is 0 Å². The molecule has 0 radical (unpaired) electrons. The fourth-order valence-corrected chi connectivity index (χ4v) is 2.21. The van der Waals surface area contributed by atoms with Crippen molar-refractivity contribution in [2.45, 2.75) is 17.3 Å². The van der Waals surface area contributed by atoms with Gasteiger partial charge in [-0.2, -0.15) is 4.37 Å². The van der Waals surface area contributed by atoms with E-state index in [-0.39, 0.29) is 0 Å². The predicted molar refractivity (Wildman–Crippen MR) is 52.5 cm³/mol. The largest absolute Gasteiger partial charge is 0.368 e. The Morgan fingerprint density at radius 3 is 2.92 bits per heavy atom. The zero-order valence-corrected chi connectivity index (χ0v) is 8.69. The normalized spacial score (nSPS) is 12.8. The van der Waals surface area contributed by atoms with Crippen LogP contribution in [0.4, 0.5) is 0 Å². The first kappa shape index (κ1) is 10.4. The number of carbonyl (C=O) groups is 1. The second-order valence-electron chi connectivity index (χ2n) is 2.43. The number of aryl methyl sites for hydroxylation is 1. The lowest BCUT2D eigenvalue weighted by atomic mass is 10.3. The number of thioether (sulfide) groups is 1. The molecule has 0 spiro atoms. The van der Waals surface area contributed by atoms with Gasteiger partial charge in [0.1, 0.15) is 5.82 Å². The molecule has 0 saturated carbocycles. The lowest BCUT2D eigenvalue weighted by molar-refractivity contribution is -0.118. The molecule has 0 aliphatic carbocycles. The topological polar surface area (TPSA) is 94.9 Å². The SMILES string of the molecule is Cc1nsc(SCC(N)C(N)=O)n1. The maximum atomic E-state index is 10.6. The van der Waals surface area contributed by atoms with Crippen molar-refractivity contribution < 1.29 is 4.79 Å². The Labute approximate surface area is 84.1 Å². The summed E-state index contributed by atoms with van der Waals surface area (Å²) in [6.45, 7) is 1.81. The van der Waals surface area contributed by atoms with Crippen LogP contribution in [0.1, 0.15) is 5.82 Å². The summed E-state index contributed by atoms with van der Waals surface area (Å²) >= 11 is 2.69. The van der Waals surface area contributed by atoms with E-state index < -0.39 is 11.9 Å². The molecule has 1 aromatic rings. The van der Waals surface area contributed by atoms with Crippen molar-refractivity contribution in [1.82, 2.24) is 9.36 Å². The Bertz CT molecular complexity index is 301. The van der Waals surface area contributed by atoms with Crippen molar-refractivity contribution in [3.8, 4) is 0 Å². The monoisotopic (exact) mass is 218 g/mol. The van der Waals surface area contributed by atoms with Crippen LogP contribution in [0.3, 0.4) is 0 Å². The van der Waals surface area contributed by atoms with Crippen molar-refractivity contribution in [2.75, 3.05) is 5.75 Å². The third kappa shape index (κ3) is 3.29. The highest BCUT2D eigenvalue weighted by molar-refractivity contribution is 8.01. The fourth-order valence-electron chi connectivity index (χ4n) is 0.580. The molecule has 1 amide bonds. The van der Waals surface area contributed by atoms with Crippen LogP contribution >= 0.6 is 23.3 Å². The van der Waals surface area contributed by atoms with Gasteiger partial charge in [0.2, 0.25) is 5.91 Å². The third-order valence-corrected chi connectivity index (χ3v) is 3.30. The van der Waals surface area contributed by atoms with E-state index >= 15 is 0 Å². The standard InChI is InChI=1S/C6H10N4OS2/c1-3-9-6(13-10-3)12-2-4(7)5(8)11/h4H,2,7H2,1H3,(H2,8,11). The first-order chi connectivity index (χ1) is 6.09. The summed E-state index contributed by atoms with van der Waals surface area (Å²) in [6, 6.07) is -0.616. The lowest BCUT2D eigenvalue weighted by Crippen LogP contribution is -2.38. The third-order valence-electron chi connectivity index (χ3n) is 1.26. The summed E-state index contributed by atoms with van der Waals surface area (Å²) in [4.78, 5) is 14.7. The summed E-state index contributed by atoms with van der Waals surface area (Å²) in [7, 11) is 0. The van der Waals surface area contributed by atoms with Gasteiger partial charge in [0.15, 0.2) is 4.34 Å². The molecule has 4 N–H and O–H groups in total. The molecule has 72 valence electrons. The van der Waals surface area contributed by atoms with Crippen molar-refractivity contribution in [2.24, 2.45) is 11.5 Å². The van der Waals surface area contributed by atoms with E-state index in [9.17, 15) is 4.79 Å². The molecular formula is C6H10N4OS2. The van der Waals surface area contributed by atoms with Crippen molar-refractivity contribution >= 4 is 29.2 Å². The first-order valence-corrected chi connectivity index (χ1v) is 5.33. The van der Waals surface area contributed by atoms with Gasteiger partial charge < -0.3 is 11.5 Å². The summed E-state index contributed by atoms with van der Waals surface area (Å²) < 4.78 is 4.81. The molecule has 5 nitrogen and oxygen atoms in total. The van der Waals surface area contributed by atoms with Crippen LogP contribution in [0.2, 0.25) is 0 Å². The summed E-state index contributed by atoms with van der Waals surface area (Å²) in [5.41, 5.74) is 10.4. The Balaban J connectivity index is 2.39. The molecule has 1 unspecified atom stereocenters. The number of hydrogen-bond acceptors (Lipinski definition) is 6. The zero-order valence-electron chi connectivity index (χ0n) is 7.06. The highest BCUT2D eigenvalue weighted by atomic mass is 32.2. The van der Waals surface area contributed by atoms with E-state index in [1.807, 2.05) is 6.92 Å². The van der Waals surface area contributed by atoms with Gasteiger partial charge in [-0.15, -0.1) is 0 Å². The van der Waals surface area contributed by atoms with Crippen LogP contribution in [0, 0.1) is 6.92 Å². The lowest BCUT2D eigenvalue weighted by Gasteiger charge is -2.03. The Hall–Kier alpha value is -0.660.